The molecule has 1 heterocycles. The summed E-state index contributed by atoms with van der Waals surface area (Å²) in [4.78, 5) is 81.0. The Morgan fingerprint density at radius 1 is 0.758 bits per heavy atom. The van der Waals surface area contributed by atoms with E-state index in [-0.39, 0.29) is 61.8 Å². The molecule has 3 atom stereocenters. The molecule has 0 aromatic carbocycles. The van der Waals surface area contributed by atoms with Crippen molar-refractivity contribution in [3.8, 4) is 0 Å². The van der Waals surface area contributed by atoms with E-state index in [1.54, 1.807) is 20.0 Å². The molecule has 0 aliphatic heterocycles. The van der Waals surface area contributed by atoms with Gasteiger partial charge in [0.1, 0.15) is 17.6 Å². The van der Waals surface area contributed by atoms with Crippen molar-refractivity contribution in [3.63, 3.8) is 0 Å². The lowest BCUT2D eigenvalue weighted by Crippen LogP contribution is -2.41. The summed E-state index contributed by atoms with van der Waals surface area (Å²) >= 11 is 0. The number of hydrogen-bond donors (Lipinski definition) is 5. The van der Waals surface area contributed by atoms with Gasteiger partial charge in [0, 0.05) is 62.4 Å². The summed E-state index contributed by atoms with van der Waals surface area (Å²) in [7, 11) is 0. The molecule has 62 heavy (non-hydrogen) atoms. The first kappa shape index (κ1) is 56.3. The third-order valence-electron chi connectivity index (χ3n) is 11.4. The predicted octanol–water partition coefficient (Wildman–Crippen LogP) is 8.65. The Bertz CT molecular complexity index is 1430. The number of carboxylic acid groups (broad SMARTS) is 2. The fourth-order valence-corrected chi connectivity index (χ4v) is 7.31. The number of carboxylic acids is 2. The Morgan fingerprint density at radius 3 is 1.95 bits per heavy atom. The molecule has 0 aliphatic rings. The highest BCUT2D eigenvalue weighted by Gasteiger charge is 2.35. The maximum absolute atomic E-state index is 13.1. The number of aromatic amines is 1. The van der Waals surface area contributed by atoms with Gasteiger partial charge in [-0.05, 0) is 38.5 Å². The molecule has 1 amide bonds. The summed E-state index contributed by atoms with van der Waals surface area (Å²) in [6.07, 6.45) is 23.4. The van der Waals surface area contributed by atoms with E-state index in [2.05, 4.69) is 28.8 Å². The average molecular weight is 875 g/mol. The van der Waals surface area contributed by atoms with Crippen LogP contribution in [0.15, 0.2) is 24.7 Å². The van der Waals surface area contributed by atoms with E-state index in [1.165, 1.54) is 70.5 Å². The highest BCUT2D eigenvalue weighted by atomic mass is 16.5. The lowest BCUT2D eigenvalue weighted by molar-refractivity contribution is -0.145. The smallest absolute Gasteiger partial charge is 0.326 e. The minimum absolute atomic E-state index is 0.0633. The maximum Gasteiger partial charge on any atom is 0.326 e. The number of imidazole rings is 1. The number of hydrogen-bond acceptors (Lipinski definition) is 10. The van der Waals surface area contributed by atoms with E-state index in [9.17, 15) is 39.0 Å². The molecule has 0 saturated heterocycles. The summed E-state index contributed by atoms with van der Waals surface area (Å²) in [5, 5.41) is 21.9. The van der Waals surface area contributed by atoms with Gasteiger partial charge in [-0.2, -0.15) is 0 Å². The van der Waals surface area contributed by atoms with Gasteiger partial charge in [-0.3, -0.25) is 24.0 Å². The number of H-pyrrole nitrogens is 1. The van der Waals surface area contributed by atoms with Gasteiger partial charge in [0.2, 0.25) is 5.91 Å². The number of ketones is 3. The van der Waals surface area contributed by atoms with E-state index in [0.29, 0.717) is 52.1 Å². The number of nitrogens with two attached hydrogens (primary N) is 1. The van der Waals surface area contributed by atoms with Crippen LogP contribution in [0.25, 0.3) is 0 Å². The fourth-order valence-electron chi connectivity index (χ4n) is 7.31. The molecule has 1 rings (SSSR count). The zero-order valence-electron chi connectivity index (χ0n) is 38.5. The molecular weight excluding hydrogens is 793 g/mol. The minimum atomic E-state index is -1.13. The van der Waals surface area contributed by atoms with Crippen LogP contribution in [0, 0.1) is 11.3 Å². The third kappa shape index (κ3) is 28.8. The molecule has 0 radical (unpaired) electrons. The number of rotatable bonds is 43. The molecule has 1 aromatic rings. The normalized spacial score (nSPS) is 13.0. The quantitative estimate of drug-likeness (QED) is 0.0307. The second-order valence-electron chi connectivity index (χ2n) is 17.7. The summed E-state index contributed by atoms with van der Waals surface area (Å²) in [5.74, 6) is -3.86. The van der Waals surface area contributed by atoms with Crippen LogP contribution in [0.5, 0.6) is 0 Å². The fraction of sp³-hybridized carbons (Fsp3) is 0.771. The summed E-state index contributed by atoms with van der Waals surface area (Å²) in [5.41, 5.74) is 6.66. The van der Waals surface area contributed by atoms with Crippen LogP contribution < -0.4 is 11.1 Å². The van der Waals surface area contributed by atoms with Gasteiger partial charge in [-0.25, -0.2) is 9.78 Å². The predicted molar refractivity (Wildman–Crippen MR) is 242 cm³/mol. The number of Topliss-reactive ketones (excluding diaryl/α,β-unsaturated/α-hetero) is 3. The van der Waals surface area contributed by atoms with Gasteiger partial charge >= 0.3 is 11.9 Å². The molecule has 0 saturated carbocycles. The van der Waals surface area contributed by atoms with E-state index in [0.717, 1.165) is 49.8 Å². The van der Waals surface area contributed by atoms with Gasteiger partial charge in [-0.15, -0.1) is 0 Å². The van der Waals surface area contributed by atoms with Gasteiger partial charge in [-0.1, -0.05) is 123 Å². The van der Waals surface area contributed by atoms with E-state index >= 15 is 0 Å². The average Bonchev–Trinajstić information content (AvgIpc) is 3.74. The highest BCUT2D eigenvalue weighted by molar-refractivity contribution is 5.94. The van der Waals surface area contributed by atoms with Crippen LogP contribution in [-0.4, -0.2) is 93.9 Å². The number of aromatic nitrogens is 2. The van der Waals surface area contributed by atoms with Gasteiger partial charge in [0.15, 0.2) is 5.78 Å². The Hall–Kier alpha value is -3.75. The summed E-state index contributed by atoms with van der Waals surface area (Å²) in [6.45, 7) is 11.1. The zero-order chi connectivity index (χ0) is 46.0. The number of nitrogens with one attached hydrogen (secondary N) is 2. The second kappa shape index (κ2) is 34.7. The molecule has 0 bridgehead atoms. The van der Waals surface area contributed by atoms with Crippen LogP contribution >= 0.6 is 0 Å². The van der Waals surface area contributed by atoms with Crippen molar-refractivity contribution in [2.45, 2.75) is 200 Å². The summed E-state index contributed by atoms with van der Waals surface area (Å²) < 4.78 is 11.2. The Kier molecular flexibility index (Phi) is 31.5. The molecule has 1 aromatic heterocycles. The number of carbonyl (C=O) groups is 6. The Morgan fingerprint density at radius 2 is 1.35 bits per heavy atom. The standard InChI is InChI=1S/C48H82N4O10/c1-5-6-7-8-9-10-11-12-13-14-15-16-20-25-45(56)52-42(47(59)60)27-26-40(53)24-21-28-61-29-30-62-35-37(2)22-18-17-19-23-38(46(57)58)31-44(55)48(3,4)33-43(54)41(49)32-39-34-50-36-51-39/h34,36,38,41-42H,2,5-33,35,49H2,1,3-4H3,(H,50,51)(H,52,56)(H,57,58)(H,59,60)/t38-,41+,42+/m1/s1. The van der Waals surface area contributed by atoms with Crippen molar-refractivity contribution in [1.82, 2.24) is 15.3 Å². The number of amides is 1. The van der Waals surface area contributed by atoms with Crippen molar-refractivity contribution >= 4 is 35.2 Å². The van der Waals surface area contributed by atoms with Gasteiger partial charge in [0.05, 0.1) is 38.1 Å². The monoisotopic (exact) mass is 875 g/mol. The topological polar surface area (TPSA) is 228 Å². The Labute approximate surface area is 371 Å². The third-order valence-corrected chi connectivity index (χ3v) is 11.4. The molecule has 6 N–H and O–H groups in total. The van der Waals surface area contributed by atoms with Crippen LogP contribution in [0.3, 0.4) is 0 Å². The highest BCUT2D eigenvalue weighted by Crippen LogP contribution is 2.28. The minimum Gasteiger partial charge on any atom is -0.481 e. The second-order valence-corrected chi connectivity index (χ2v) is 17.7. The number of ether oxygens (including phenoxy) is 2. The van der Waals surface area contributed by atoms with Crippen LogP contribution in [0.4, 0.5) is 0 Å². The van der Waals surface area contributed by atoms with Crippen molar-refractivity contribution in [1.29, 1.82) is 0 Å². The van der Waals surface area contributed by atoms with Crippen molar-refractivity contribution in [2.75, 3.05) is 26.4 Å². The first-order valence-electron chi connectivity index (χ1n) is 23.5. The van der Waals surface area contributed by atoms with E-state index in [4.69, 9.17) is 15.2 Å². The van der Waals surface area contributed by atoms with E-state index < -0.39 is 35.4 Å². The van der Waals surface area contributed by atoms with E-state index in [1.807, 2.05) is 0 Å². The van der Waals surface area contributed by atoms with Crippen LogP contribution in [0.1, 0.15) is 187 Å². The molecule has 0 spiro atoms. The lowest BCUT2D eigenvalue weighted by atomic mass is 9.77. The Balaban J connectivity index is 2.09. The lowest BCUT2D eigenvalue weighted by Gasteiger charge is -2.25. The molecular formula is C48H82N4O10. The molecule has 0 aliphatic carbocycles. The molecule has 14 heteroatoms. The van der Waals surface area contributed by atoms with Gasteiger partial charge in [0.25, 0.3) is 0 Å². The maximum atomic E-state index is 13.1. The molecule has 14 nitrogen and oxygen atoms in total. The van der Waals surface area contributed by atoms with Crippen molar-refractivity contribution in [3.05, 3.63) is 30.4 Å². The van der Waals surface area contributed by atoms with Crippen molar-refractivity contribution in [2.24, 2.45) is 17.1 Å². The SMILES string of the molecule is C=C(CCCCC[C@H](CC(=O)C(C)(C)CC(=O)[C@@H](N)Cc1cnc[nH]1)C(=O)O)COCCOCCCC(=O)CC[C@H](NC(=O)CCCCCCCCCCCCCCC)C(=O)O. The zero-order valence-corrected chi connectivity index (χ0v) is 38.5. The molecule has 0 unspecified atom stereocenters. The molecule has 0 fully saturated rings. The first-order chi connectivity index (χ1) is 29.7. The number of aliphatic carboxylic acids is 2. The van der Waals surface area contributed by atoms with Crippen LogP contribution in [0.2, 0.25) is 0 Å². The number of unbranched alkanes of at least 4 members (excludes halogenated alkanes) is 14. The largest absolute Gasteiger partial charge is 0.481 e. The van der Waals surface area contributed by atoms with Crippen molar-refractivity contribution < 1.29 is 48.5 Å². The van der Waals surface area contributed by atoms with Crippen LogP contribution in [-0.2, 0) is 44.7 Å². The number of nitrogens with zero attached hydrogens (tertiary/aromatic N) is 1. The van der Waals surface area contributed by atoms with Gasteiger partial charge < -0.3 is 35.7 Å². The summed E-state index contributed by atoms with van der Waals surface area (Å²) in [6, 6.07) is -1.86. The number of carbonyl (C=O) groups excluding carboxylic acids is 4. The molecule has 354 valence electrons. The first-order valence-corrected chi connectivity index (χ1v) is 23.5.